The van der Waals surface area contributed by atoms with Crippen molar-refractivity contribution < 1.29 is 9.53 Å². The zero-order chi connectivity index (χ0) is 19.4. The molecule has 0 radical (unpaired) electrons. The van der Waals surface area contributed by atoms with Crippen LogP contribution in [0.25, 0.3) is 5.69 Å². The van der Waals surface area contributed by atoms with Crippen LogP contribution in [0.1, 0.15) is 6.92 Å². The lowest BCUT2D eigenvalue weighted by molar-refractivity contribution is -0.115. The molecule has 0 saturated carbocycles. The number of rotatable bonds is 6. The van der Waals surface area contributed by atoms with Crippen molar-refractivity contribution in [3.05, 3.63) is 58.8 Å². The van der Waals surface area contributed by atoms with E-state index in [9.17, 15) is 4.79 Å². The standard InChI is InChI=1S/C18H16Cl2N4O2S/c1-11(17(25)22-16-12(19)6-5-7-13(16)20)27-18-23-21-10-24(18)14-8-3-4-9-15(14)26-2/h3-11H,1-2H3,(H,22,25). The lowest BCUT2D eigenvalue weighted by atomic mass is 10.3. The van der Waals surface area contributed by atoms with Crippen LogP contribution in [0.15, 0.2) is 53.9 Å². The molecule has 1 N–H and O–H groups in total. The fourth-order valence-electron chi connectivity index (χ4n) is 2.35. The molecule has 1 amide bonds. The summed E-state index contributed by atoms with van der Waals surface area (Å²) in [6.45, 7) is 1.77. The first-order chi connectivity index (χ1) is 13.0. The van der Waals surface area contributed by atoms with Crippen molar-refractivity contribution in [3.8, 4) is 11.4 Å². The molecule has 2 aromatic carbocycles. The van der Waals surface area contributed by atoms with E-state index in [1.165, 1.54) is 11.8 Å². The van der Waals surface area contributed by atoms with Crippen LogP contribution in [0, 0.1) is 0 Å². The summed E-state index contributed by atoms with van der Waals surface area (Å²) in [5.41, 5.74) is 1.18. The van der Waals surface area contributed by atoms with E-state index in [0.717, 1.165) is 5.69 Å². The number of methoxy groups -OCH3 is 1. The minimum absolute atomic E-state index is 0.246. The van der Waals surface area contributed by atoms with Gasteiger partial charge in [0.25, 0.3) is 0 Å². The summed E-state index contributed by atoms with van der Waals surface area (Å²) in [4.78, 5) is 12.6. The number of aromatic nitrogens is 3. The maximum absolute atomic E-state index is 12.6. The van der Waals surface area contributed by atoms with Crippen LogP contribution in [0.4, 0.5) is 5.69 Å². The molecule has 140 valence electrons. The van der Waals surface area contributed by atoms with Gasteiger partial charge in [-0.1, -0.05) is 53.2 Å². The SMILES string of the molecule is COc1ccccc1-n1cnnc1SC(C)C(=O)Nc1c(Cl)cccc1Cl. The summed E-state index contributed by atoms with van der Waals surface area (Å²) in [5.74, 6) is 0.434. The van der Waals surface area contributed by atoms with Gasteiger partial charge in [0.15, 0.2) is 5.16 Å². The highest BCUT2D eigenvalue weighted by molar-refractivity contribution is 8.00. The Morgan fingerprint density at radius 2 is 1.89 bits per heavy atom. The number of carbonyl (C=O) groups is 1. The molecule has 1 heterocycles. The number of ether oxygens (including phenoxy) is 1. The first kappa shape index (κ1) is 19.5. The minimum Gasteiger partial charge on any atom is -0.495 e. The number of para-hydroxylation sites is 3. The van der Waals surface area contributed by atoms with Gasteiger partial charge in [0, 0.05) is 0 Å². The first-order valence-electron chi connectivity index (χ1n) is 7.96. The minimum atomic E-state index is -0.463. The summed E-state index contributed by atoms with van der Waals surface area (Å²) in [7, 11) is 1.60. The van der Waals surface area contributed by atoms with Gasteiger partial charge in [-0.25, -0.2) is 0 Å². The highest BCUT2D eigenvalue weighted by Crippen LogP contribution is 2.32. The molecule has 9 heteroatoms. The van der Waals surface area contributed by atoms with Crippen LogP contribution in [0.5, 0.6) is 5.75 Å². The second-order valence-electron chi connectivity index (χ2n) is 5.50. The normalized spacial score (nSPS) is 11.9. The summed E-state index contributed by atoms with van der Waals surface area (Å²) in [5, 5.41) is 11.7. The van der Waals surface area contributed by atoms with Crippen molar-refractivity contribution in [2.24, 2.45) is 0 Å². The van der Waals surface area contributed by atoms with Gasteiger partial charge in [0.1, 0.15) is 12.1 Å². The van der Waals surface area contributed by atoms with E-state index in [1.807, 2.05) is 24.3 Å². The number of thioether (sulfide) groups is 1. The fraction of sp³-hybridized carbons (Fsp3) is 0.167. The summed E-state index contributed by atoms with van der Waals surface area (Å²) in [6, 6.07) is 12.6. The van der Waals surface area contributed by atoms with Gasteiger partial charge in [-0.3, -0.25) is 9.36 Å². The zero-order valence-corrected chi connectivity index (χ0v) is 16.8. The molecule has 0 fully saturated rings. The number of carbonyl (C=O) groups excluding carboxylic acids is 1. The van der Waals surface area contributed by atoms with E-state index in [-0.39, 0.29) is 5.91 Å². The lowest BCUT2D eigenvalue weighted by Crippen LogP contribution is -2.23. The maximum Gasteiger partial charge on any atom is 0.237 e. The largest absolute Gasteiger partial charge is 0.495 e. The number of nitrogens with one attached hydrogen (secondary N) is 1. The van der Waals surface area contributed by atoms with Crippen molar-refractivity contribution in [2.75, 3.05) is 12.4 Å². The molecule has 3 rings (SSSR count). The number of anilines is 1. The molecule has 6 nitrogen and oxygen atoms in total. The third-order valence-electron chi connectivity index (χ3n) is 3.72. The molecule has 1 unspecified atom stereocenters. The monoisotopic (exact) mass is 422 g/mol. The van der Waals surface area contributed by atoms with Gasteiger partial charge in [-0.15, -0.1) is 10.2 Å². The molecule has 0 bridgehead atoms. The second-order valence-corrected chi connectivity index (χ2v) is 7.62. The van der Waals surface area contributed by atoms with Crippen LogP contribution in [-0.2, 0) is 4.79 Å². The number of halogens is 2. The summed E-state index contributed by atoms with van der Waals surface area (Å²) >= 11 is 13.5. The van der Waals surface area contributed by atoms with Crippen molar-refractivity contribution in [1.29, 1.82) is 0 Å². The van der Waals surface area contributed by atoms with Crippen molar-refractivity contribution in [2.45, 2.75) is 17.3 Å². The molecule has 0 aliphatic heterocycles. The van der Waals surface area contributed by atoms with E-state index in [4.69, 9.17) is 27.9 Å². The molecule has 1 aromatic heterocycles. The Kier molecular flexibility index (Phi) is 6.26. The van der Waals surface area contributed by atoms with Crippen molar-refractivity contribution >= 4 is 46.6 Å². The molecule has 0 aliphatic rings. The summed E-state index contributed by atoms with van der Waals surface area (Å²) < 4.78 is 7.16. The number of nitrogens with zero attached hydrogens (tertiary/aromatic N) is 3. The third kappa shape index (κ3) is 4.37. The van der Waals surface area contributed by atoms with Crippen LogP contribution in [-0.4, -0.2) is 33.0 Å². The second kappa shape index (κ2) is 8.65. The van der Waals surface area contributed by atoms with Gasteiger partial charge < -0.3 is 10.1 Å². The van der Waals surface area contributed by atoms with Gasteiger partial charge in [-0.05, 0) is 31.2 Å². The fourth-order valence-corrected chi connectivity index (χ4v) is 3.68. The molecule has 27 heavy (non-hydrogen) atoms. The third-order valence-corrected chi connectivity index (χ3v) is 5.41. The average molecular weight is 423 g/mol. The smallest absolute Gasteiger partial charge is 0.237 e. The zero-order valence-electron chi connectivity index (χ0n) is 14.5. The van der Waals surface area contributed by atoms with Crippen molar-refractivity contribution in [3.63, 3.8) is 0 Å². The molecule has 0 spiro atoms. The maximum atomic E-state index is 12.6. The quantitative estimate of drug-likeness (QED) is 0.582. The van der Waals surface area contributed by atoms with Crippen molar-refractivity contribution in [1.82, 2.24) is 14.8 Å². The average Bonchev–Trinajstić information content (AvgIpc) is 3.12. The number of benzene rings is 2. The Morgan fingerprint density at radius 3 is 2.59 bits per heavy atom. The Labute approximate surface area is 170 Å². The van der Waals surface area contributed by atoms with E-state index in [2.05, 4.69) is 15.5 Å². The predicted molar refractivity (Wildman–Crippen MR) is 108 cm³/mol. The molecule has 0 aliphatic carbocycles. The van der Waals surface area contributed by atoms with E-state index >= 15 is 0 Å². The number of hydrogen-bond donors (Lipinski definition) is 1. The Hall–Kier alpha value is -2.22. The highest BCUT2D eigenvalue weighted by atomic mass is 35.5. The molecular weight excluding hydrogens is 407 g/mol. The first-order valence-corrected chi connectivity index (χ1v) is 9.59. The van der Waals surface area contributed by atoms with Gasteiger partial charge >= 0.3 is 0 Å². The molecule has 1 atom stereocenters. The van der Waals surface area contributed by atoms with E-state index < -0.39 is 5.25 Å². The highest BCUT2D eigenvalue weighted by Gasteiger charge is 2.21. The van der Waals surface area contributed by atoms with Crippen LogP contribution in [0.3, 0.4) is 0 Å². The number of hydrogen-bond acceptors (Lipinski definition) is 5. The van der Waals surface area contributed by atoms with E-state index in [0.29, 0.717) is 26.6 Å². The lowest BCUT2D eigenvalue weighted by Gasteiger charge is -2.15. The van der Waals surface area contributed by atoms with Gasteiger partial charge in [0.2, 0.25) is 5.91 Å². The van der Waals surface area contributed by atoms with Crippen LogP contribution >= 0.6 is 35.0 Å². The predicted octanol–water partition coefficient (Wildman–Crippen LogP) is 4.70. The van der Waals surface area contributed by atoms with Crippen LogP contribution < -0.4 is 10.1 Å². The Balaban J connectivity index is 1.78. The molecular formula is C18H16Cl2N4O2S. The Bertz CT molecular complexity index is 944. The Morgan fingerprint density at radius 1 is 1.19 bits per heavy atom. The molecule has 3 aromatic rings. The topological polar surface area (TPSA) is 69.0 Å². The number of amides is 1. The van der Waals surface area contributed by atoms with E-state index in [1.54, 1.807) is 43.1 Å². The van der Waals surface area contributed by atoms with Gasteiger partial charge in [-0.2, -0.15) is 0 Å². The van der Waals surface area contributed by atoms with Gasteiger partial charge in [0.05, 0.1) is 33.8 Å². The summed E-state index contributed by atoms with van der Waals surface area (Å²) in [6.07, 6.45) is 1.58. The van der Waals surface area contributed by atoms with Crippen LogP contribution in [0.2, 0.25) is 10.0 Å². The molecule has 0 saturated heterocycles.